The van der Waals surface area contributed by atoms with Crippen molar-refractivity contribution in [2.24, 2.45) is 5.92 Å². The Labute approximate surface area is 85.6 Å². The number of halogens is 8. The first-order valence-electron chi connectivity index (χ1n) is 4.06. The van der Waals surface area contributed by atoms with E-state index in [9.17, 15) is 35.1 Å². The van der Waals surface area contributed by atoms with Crippen molar-refractivity contribution in [2.45, 2.75) is 37.7 Å². The van der Waals surface area contributed by atoms with Crippen LogP contribution in [0, 0.1) is 5.92 Å². The third kappa shape index (κ3) is 1.96. The van der Waals surface area contributed by atoms with Crippen molar-refractivity contribution in [3.8, 4) is 0 Å². The van der Waals surface area contributed by atoms with Crippen LogP contribution in [0.4, 0.5) is 35.1 Å². The van der Waals surface area contributed by atoms with E-state index in [1.165, 1.54) is 0 Å². The highest BCUT2D eigenvalue weighted by atomic mass is 19.4. The zero-order valence-electron chi connectivity index (χ0n) is 8.31. The lowest BCUT2D eigenvalue weighted by molar-refractivity contribution is -0.600. The average molecular weight is 260 g/mol. The maximum atomic E-state index is 13.2. The summed E-state index contributed by atoms with van der Waals surface area (Å²) in [7, 11) is 0. The second-order valence-corrected chi connectivity index (χ2v) is 3.66. The van der Waals surface area contributed by atoms with Crippen molar-refractivity contribution in [1.82, 2.24) is 0 Å². The first kappa shape index (κ1) is 15.4. The number of hydrogen-bond donors (Lipinski definition) is 1. The molecule has 1 atom stereocenters. The Kier molecular flexibility index (Phi) is 3.57. The Bertz CT molecular complexity index is 254. The van der Waals surface area contributed by atoms with E-state index in [0.29, 0.717) is 0 Å². The maximum Gasteiger partial charge on any atom is 0.460 e. The number of quaternary nitrogens is 1. The molecule has 0 aliphatic rings. The fourth-order valence-electron chi connectivity index (χ4n) is 0.802. The summed E-state index contributed by atoms with van der Waals surface area (Å²) in [4.78, 5) is 0. The van der Waals surface area contributed by atoms with Crippen LogP contribution in [0.1, 0.15) is 13.8 Å². The number of hydrogen-bond acceptors (Lipinski definition) is 0. The molecule has 3 N–H and O–H groups in total. The van der Waals surface area contributed by atoms with Crippen LogP contribution in [0.15, 0.2) is 0 Å². The first-order chi connectivity index (χ1) is 6.69. The van der Waals surface area contributed by atoms with Crippen LogP contribution in [0.3, 0.4) is 0 Å². The predicted octanol–water partition coefficient (Wildman–Crippen LogP) is 2.38. The molecule has 0 aromatic rings. The van der Waals surface area contributed by atoms with Gasteiger partial charge in [-0.3, -0.25) is 0 Å². The van der Waals surface area contributed by atoms with Gasteiger partial charge in [0.2, 0.25) is 0 Å². The van der Waals surface area contributed by atoms with Crippen molar-refractivity contribution < 1.29 is 40.9 Å². The molecule has 1 nitrogen and oxygen atoms in total. The van der Waals surface area contributed by atoms with E-state index in [0.717, 1.165) is 13.8 Å². The van der Waals surface area contributed by atoms with E-state index in [2.05, 4.69) is 5.73 Å². The minimum atomic E-state index is -6.54. The van der Waals surface area contributed by atoms with Gasteiger partial charge in [0.15, 0.2) is 0 Å². The molecule has 98 valence electrons. The quantitative estimate of drug-likeness (QED) is 0.596. The van der Waals surface area contributed by atoms with Crippen LogP contribution < -0.4 is 5.73 Å². The summed E-state index contributed by atoms with van der Waals surface area (Å²) in [6.07, 6.45) is -6.54. The molecule has 0 aliphatic heterocycles. The van der Waals surface area contributed by atoms with Gasteiger partial charge >= 0.3 is 23.8 Å². The summed E-state index contributed by atoms with van der Waals surface area (Å²) in [6, 6.07) is 0. The van der Waals surface area contributed by atoms with E-state index in [1.54, 1.807) is 0 Å². The van der Waals surface area contributed by atoms with Gasteiger partial charge in [-0.1, -0.05) is 13.8 Å². The summed E-state index contributed by atoms with van der Waals surface area (Å²) in [6.45, 7) is 1.46. The van der Waals surface area contributed by atoms with Gasteiger partial charge in [-0.15, -0.1) is 0 Å². The van der Waals surface area contributed by atoms with E-state index in [-0.39, 0.29) is 0 Å². The van der Waals surface area contributed by atoms with Gasteiger partial charge in [-0.2, -0.15) is 35.1 Å². The zero-order valence-corrected chi connectivity index (χ0v) is 8.31. The van der Waals surface area contributed by atoms with Crippen LogP contribution in [-0.2, 0) is 0 Å². The molecule has 0 rings (SSSR count). The molecule has 16 heavy (non-hydrogen) atoms. The molecule has 0 saturated heterocycles. The largest absolute Gasteiger partial charge is 0.460 e. The van der Waals surface area contributed by atoms with Crippen LogP contribution in [0.2, 0.25) is 0 Å². The third-order valence-electron chi connectivity index (χ3n) is 2.19. The molecule has 0 radical (unpaired) electrons. The fraction of sp³-hybridized carbons (Fsp3) is 1.00. The van der Waals surface area contributed by atoms with Gasteiger partial charge in [-0.25, -0.2) is 0 Å². The fourth-order valence-corrected chi connectivity index (χ4v) is 0.802. The Hall–Kier alpha value is -0.600. The Morgan fingerprint density at radius 3 is 1.25 bits per heavy atom. The molecule has 0 fully saturated rings. The lowest BCUT2D eigenvalue weighted by atomic mass is 9.91. The Morgan fingerprint density at radius 1 is 0.750 bits per heavy atom. The monoisotopic (exact) mass is 260 g/mol. The molecular formula is C7H10F8N+. The van der Waals surface area contributed by atoms with Crippen molar-refractivity contribution in [3.05, 3.63) is 0 Å². The summed E-state index contributed by atoms with van der Waals surface area (Å²) < 4.78 is 98.7. The van der Waals surface area contributed by atoms with Gasteiger partial charge < -0.3 is 5.73 Å². The summed E-state index contributed by atoms with van der Waals surface area (Å²) >= 11 is 0. The zero-order chi connectivity index (χ0) is 13.6. The average Bonchev–Trinajstić information content (AvgIpc) is 2.00. The minimum Gasteiger partial charge on any atom is -0.320 e. The van der Waals surface area contributed by atoms with Crippen LogP contribution in [0.5, 0.6) is 0 Å². The molecule has 0 aromatic carbocycles. The molecular weight excluding hydrogens is 250 g/mol. The van der Waals surface area contributed by atoms with E-state index < -0.39 is 29.7 Å². The van der Waals surface area contributed by atoms with Gasteiger partial charge in [0, 0.05) is 5.92 Å². The number of rotatable bonds is 3. The minimum absolute atomic E-state index is 0.730. The predicted molar refractivity (Wildman–Crippen MR) is 37.5 cm³/mol. The van der Waals surface area contributed by atoms with Crippen LogP contribution in [-0.4, -0.2) is 23.8 Å². The molecule has 1 unspecified atom stereocenters. The second kappa shape index (κ2) is 3.71. The molecule has 0 aliphatic carbocycles. The normalized spacial score (nSPS) is 18.8. The summed E-state index contributed by atoms with van der Waals surface area (Å²) in [5.41, 5.74) is 2.12. The van der Waals surface area contributed by atoms with E-state index in [4.69, 9.17) is 0 Å². The Morgan fingerprint density at radius 2 is 1.06 bits per heavy atom. The highest BCUT2D eigenvalue weighted by Gasteiger charge is 2.82. The molecule has 0 aromatic heterocycles. The van der Waals surface area contributed by atoms with Crippen molar-refractivity contribution >= 4 is 0 Å². The summed E-state index contributed by atoms with van der Waals surface area (Å²) in [5.74, 6) is -18.4. The second-order valence-electron chi connectivity index (χ2n) is 3.66. The van der Waals surface area contributed by atoms with Crippen LogP contribution >= 0.6 is 0 Å². The highest BCUT2D eigenvalue weighted by Crippen LogP contribution is 2.51. The third-order valence-corrected chi connectivity index (χ3v) is 2.19. The van der Waals surface area contributed by atoms with Crippen molar-refractivity contribution in [1.29, 1.82) is 0 Å². The molecule has 0 spiro atoms. The molecule has 0 saturated carbocycles. The van der Waals surface area contributed by atoms with Crippen molar-refractivity contribution in [2.75, 3.05) is 0 Å². The van der Waals surface area contributed by atoms with E-state index >= 15 is 0 Å². The first-order valence-corrected chi connectivity index (χ1v) is 4.06. The van der Waals surface area contributed by atoms with Crippen LogP contribution in [0.25, 0.3) is 0 Å². The van der Waals surface area contributed by atoms with Gasteiger partial charge in [0.1, 0.15) is 0 Å². The molecule has 0 amide bonds. The number of alkyl halides is 8. The standard InChI is InChI=1S/C7H9F8N/c1-3(2)4(8,16)5(9,10)6(11,12)7(13,14)15/h3H,16H2,1-2H3/p+1. The summed E-state index contributed by atoms with van der Waals surface area (Å²) in [5, 5.41) is 0. The van der Waals surface area contributed by atoms with Crippen molar-refractivity contribution in [3.63, 3.8) is 0 Å². The maximum absolute atomic E-state index is 13.2. The molecule has 0 bridgehead atoms. The highest BCUT2D eigenvalue weighted by molar-refractivity contribution is 5.00. The molecule has 0 heterocycles. The lowest BCUT2D eigenvalue weighted by Crippen LogP contribution is -2.84. The van der Waals surface area contributed by atoms with Gasteiger partial charge in [0.05, 0.1) is 0 Å². The van der Waals surface area contributed by atoms with Gasteiger partial charge in [-0.05, 0) is 0 Å². The smallest absolute Gasteiger partial charge is 0.320 e. The van der Waals surface area contributed by atoms with Gasteiger partial charge in [0.25, 0.3) is 0 Å². The topological polar surface area (TPSA) is 27.6 Å². The molecule has 9 heteroatoms. The van der Waals surface area contributed by atoms with E-state index in [1.807, 2.05) is 0 Å². The lowest BCUT2D eigenvalue weighted by Gasteiger charge is -2.35. The Balaban J connectivity index is 5.53. The SMILES string of the molecule is CC(C)C([NH3+])(F)C(F)(F)C(F)(F)C(F)(F)F.